The van der Waals surface area contributed by atoms with Crippen molar-refractivity contribution in [3.8, 4) is 0 Å². The minimum atomic E-state index is -3.61. The van der Waals surface area contributed by atoms with Crippen molar-refractivity contribution >= 4 is 38.9 Å². The first kappa shape index (κ1) is 19.7. The largest absolute Gasteiger partial charge is 0.326 e. The lowest BCUT2D eigenvalue weighted by Crippen LogP contribution is -2.35. The second-order valence-corrected chi connectivity index (χ2v) is 9.44. The highest BCUT2D eigenvalue weighted by Gasteiger charge is 2.30. The lowest BCUT2D eigenvalue weighted by molar-refractivity contribution is -0.122. The monoisotopic (exact) mass is 406 g/mol. The molecule has 0 fully saturated rings. The topological polar surface area (TPSA) is 66.5 Å². The van der Waals surface area contributed by atoms with Gasteiger partial charge in [-0.1, -0.05) is 18.2 Å². The van der Waals surface area contributed by atoms with Crippen molar-refractivity contribution in [3.63, 3.8) is 0 Å². The molecule has 0 unspecified atom stereocenters. The summed E-state index contributed by atoms with van der Waals surface area (Å²) in [4.78, 5) is 12.6. The van der Waals surface area contributed by atoms with Crippen LogP contribution in [-0.2, 0) is 21.2 Å². The van der Waals surface area contributed by atoms with E-state index in [9.17, 15) is 13.2 Å². The van der Waals surface area contributed by atoms with Gasteiger partial charge in [-0.2, -0.15) is 0 Å². The number of halogens is 1. The average molecular weight is 407 g/mol. The number of hydrogen-bond acceptors (Lipinski definition) is 3. The van der Waals surface area contributed by atoms with Crippen LogP contribution in [0.25, 0.3) is 0 Å². The molecule has 1 heterocycles. The molecule has 3 rings (SSSR count). The summed E-state index contributed by atoms with van der Waals surface area (Å²) in [5.74, 6) is 0.0504. The van der Waals surface area contributed by atoms with Crippen LogP contribution < -0.4 is 9.62 Å². The molecular formula is C20H23ClN2O3S. The van der Waals surface area contributed by atoms with Crippen molar-refractivity contribution in [2.75, 3.05) is 22.0 Å². The number of carbonyl (C=O) groups excluding carboxylic acids is 1. The number of rotatable bonds is 5. The molecular weight excluding hydrogens is 384 g/mol. The summed E-state index contributed by atoms with van der Waals surface area (Å²) in [6.07, 6.45) is 1.49. The first-order valence-electron chi connectivity index (χ1n) is 8.84. The molecule has 0 atom stereocenters. The Labute approximate surface area is 165 Å². The molecule has 0 saturated heterocycles. The zero-order chi connectivity index (χ0) is 19.7. The number of nitrogens with zero attached hydrogens (tertiary/aromatic N) is 1. The summed E-state index contributed by atoms with van der Waals surface area (Å²) in [5.41, 5.74) is 1.54. The van der Waals surface area contributed by atoms with Gasteiger partial charge in [-0.25, -0.2) is 8.42 Å². The van der Waals surface area contributed by atoms with Crippen LogP contribution in [0, 0.1) is 5.41 Å². The molecule has 1 amide bonds. The predicted molar refractivity (Wildman–Crippen MR) is 109 cm³/mol. The number of sulfonamides is 1. The zero-order valence-electron chi connectivity index (χ0n) is 15.4. The van der Waals surface area contributed by atoms with Crippen LogP contribution in [0.3, 0.4) is 0 Å². The van der Waals surface area contributed by atoms with Crippen molar-refractivity contribution in [3.05, 3.63) is 54.1 Å². The summed E-state index contributed by atoms with van der Waals surface area (Å²) >= 11 is 5.86. The summed E-state index contributed by atoms with van der Waals surface area (Å²) in [5, 5.41) is 2.88. The van der Waals surface area contributed by atoms with E-state index in [4.69, 9.17) is 11.6 Å². The number of nitrogens with one attached hydrogen (secondary N) is 1. The lowest BCUT2D eigenvalue weighted by Gasteiger charge is -2.31. The molecule has 0 saturated carbocycles. The van der Waals surface area contributed by atoms with E-state index in [1.807, 2.05) is 6.07 Å². The molecule has 0 spiro atoms. The van der Waals surface area contributed by atoms with Crippen LogP contribution in [0.2, 0.25) is 0 Å². The lowest BCUT2D eigenvalue weighted by atomic mass is 9.95. The number of fused-ring (bicyclic) bond motifs is 1. The van der Waals surface area contributed by atoms with Gasteiger partial charge < -0.3 is 5.32 Å². The van der Waals surface area contributed by atoms with Crippen molar-refractivity contribution in [2.24, 2.45) is 5.41 Å². The summed E-state index contributed by atoms with van der Waals surface area (Å²) in [6, 6.07) is 13.8. The van der Waals surface area contributed by atoms with Crippen LogP contribution in [0.5, 0.6) is 0 Å². The van der Waals surface area contributed by atoms with Gasteiger partial charge in [0, 0.05) is 18.1 Å². The van der Waals surface area contributed by atoms with Crippen molar-refractivity contribution < 1.29 is 13.2 Å². The highest BCUT2D eigenvalue weighted by molar-refractivity contribution is 7.92. The summed E-state index contributed by atoms with van der Waals surface area (Å²) in [7, 11) is -3.61. The van der Waals surface area contributed by atoms with Crippen LogP contribution in [0.4, 0.5) is 11.4 Å². The maximum Gasteiger partial charge on any atom is 0.264 e. The molecule has 0 aliphatic carbocycles. The first-order chi connectivity index (χ1) is 12.8. The van der Waals surface area contributed by atoms with E-state index >= 15 is 0 Å². The van der Waals surface area contributed by atoms with Crippen molar-refractivity contribution in [1.29, 1.82) is 0 Å². The molecule has 0 bridgehead atoms. The Bertz CT molecular complexity index is 943. The number of hydrogen-bond donors (Lipinski definition) is 1. The number of amides is 1. The van der Waals surface area contributed by atoms with E-state index in [2.05, 4.69) is 5.32 Å². The Morgan fingerprint density at radius 3 is 2.56 bits per heavy atom. The highest BCUT2D eigenvalue weighted by atomic mass is 35.5. The smallest absolute Gasteiger partial charge is 0.264 e. The molecule has 7 heteroatoms. The Morgan fingerprint density at radius 2 is 1.89 bits per heavy atom. The third kappa shape index (κ3) is 3.96. The minimum absolute atomic E-state index is 0.165. The number of alkyl halides is 1. The molecule has 5 nitrogen and oxygen atoms in total. The molecule has 0 radical (unpaired) electrons. The van der Waals surface area contributed by atoms with Crippen molar-refractivity contribution in [1.82, 2.24) is 0 Å². The molecule has 1 aliphatic rings. The van der Waals surface area contributed by atoms with Crippen LogP contribution in [0.1, 0.15) is 25.8 Å². The molecule has 1 N–H and O–H groups in total. The van der Waals surface area contributed by atoms with Gasteiger partial charge in [0.15, 0.2) is 0 Å². The number of anilines is 2. The van der Waals surface area contributed by atoms with Gasteiger partial charge in [-0.3, -0.25) is 9.10 Å². The molecule has 144 valence electrons. The van der Waals surface area contributed by atoms with Gasteiger partial charge in [0.1, 0.15) is 0 Å². The van der Waals surface area contributed by atoms with E-state index in [0.29, 0.717) is 17.9 Å². The van der Waals surface area contributed by atoms with Gasteiger partial charge in [0.25, 0.3) is 10.0 Å². The van der Waals surface area contributed by atoms with Gasteiger partial charge >= 0.3 is 0 Å². The Morgan fingerprint density at radius 1 is 1.19 bits per heavy atom. The van der Waals surface area contributed by atoms with Gasteiger partial charge in [0.2, 0.25) is 5.91 Å². The fourth-order valence-electron chi connectivity index (χ4n) is 2.97. The Balaban J connectivity index is 1.91. The molecule has 27 heavy (non-hydrogen) atoms. The third-order valence-electron chi connectivity index (χ3n) is 4.69. The van der Waals surface area contributed by atoms with Crippen LogP contribution in [0.15, 0.2) is 53.4 Å². The molecule has 0 aromatic heterocycles. The maximum atomic E-state index is 13.0. The minimum Gasteiger partial charge on any atom is -0.326 e. The van der Waals surface area contributed by atoms with Gasteiger partial charge in [-0.15, -0.1) is 11.6 Å². The number of carbonyl (C=O) groups is 1. The second-order valence-electron chi connectivity index (χ2n) is 7.31. The van der Waals surface area contributed by atoms with E-state index in [1.165, 1.54) is 4.31 Å². The van der Waals surface area contributed by atoms with Crippen LogP contribution in [-0.4, -0.2) is 26.7 Å². The zero-order valence-corrected chi connectivity index (χ0v) is 17.0. The SMILES string of the molecule is CC(C)(CCl)C(=O)Nc1ccc2c(c1)CCCN2S(=O)(=O)c1ccccc1. The number of aryl methyl sites for hydroxylation is 1. The summed E-state index contributed by atoms with van der Waals surface area (Å²) < 4.78 is 27.5. The molecule has 1 aliphatic heterocycles. The van der Waals surface area contributed by atoms with E-state index in [0.717, 1.165) is 18.4 Å². The molecule has 2 aromatic rings. The van der Waals surface area contributed by atoms with Gasteiger partial charge in [0.05, 0.1) is 16.0 Å². The van der Waals surface area contributed by atoms with Crippen LogP contribution >= 0.6 is 11.6 Å². The second kappa shape index (κ2) is 7.52. The average Bonchev–Trinajstić information content (AvgIpc) is 2.68. The van der Waals surface area contributed by atoms with Gasteiger partial charge in [-0.05, 0) is 62.6 Å². The van der Waals surface area contributed by atoms with Crippen molar-refractivity contribution in [2.45, 2.75) is 31.6 Å². The quantitative estimate of drug-likeness (QED) is 0.762. The third-order valence-corrected chi connectivity index (χ3v) is 7.19. The Hall–Kier alpha value is -2.05. The Kier molecular flexibility index (Phi) is 5.49. The van der Waals surface area contributed by atoms with E-state index in [1.54, 1.807) is 56.3 Å². The normalized spacial score (nSPS) is 14.6. The predicted octanol–water partition coefficient (Wildman–Crippen LogP) is 4.03. The molecule has 2 aromatic carbocycles. The first-order valence-corrected chi connectivity index (χ1v) is 10.8. The maximum absolute atomic E-state index is 13.0. The fourth-order valence-corrected chi connectivity index (χ4v) is 4.65. The van der Waals surface area contributed by atoms with E-state index in [-0.39, 0.29) is 16.7 Å². The summed E-state index contributed by atoms with van der Waals surface area (Å²) in [6.45, 7) is 4.00. The standard InChI is InChI=1S/C20H23ClN2O3S/c1-20(2,14-21)19(24)22-16-10-11-18-15(13-16)7-6-12-23(18)27(25,26)17-8-4-3-5-9-17/h3-5,8-11,13H,6-7,12,14H2,1-2H3,(H,22,24). The fraction of sp³-hybridized carbons (Fsp3) is 0.350. The highest BCUT2D eigenvalue weighted by Crippen LogP contribution is 2.34. The number of benzene rings is 2. The van der Waals surface area contributed by atoms with E-state index < -0.39 is 15.4 Å².